The quantitative estimate of drug-likeness (QED) is 0.930. The number of piperidine rings is 1. The smallest absolute Gasteiger partial charge is 0.255 e. The van der Waals surface area contributed by atoms with Gasteiger partial charge in [-0.25, -0.2) is 0 Å². The molecule has 1 saturated heterocycles. The average molecular weight is 313 g/mol. The molecule has 0 aromatic carbocycles. The van der Waals surface area contributed by atoms with Gasteiger partial charge in [-0.05, 0) is 30.5 Å². The van der Waals surface area contributed by atoms with E-state index in [-0.39, 0.29) is 17.6 Å². The van der Waals surface area contributed by atoms with Crippen molar-refractivity contribution in [3.8, 4) is 0 Å². The Labute approximate surface area is 134 Å². The van der Waals surface area contributed by atoms with Crippen LogP contribution in [-0.4, -0.2) is 40.0 Å². The highest BCUT2D eigenvalue weighted by Crippen LogP contribution is 2.17. The van der Waals surface area contributed by atoms with E-state index >= 15 is 0 Å². The second-order valence-corrected chi connectivity index (χ2v) is 5.63. The van der Waals surface area contributed by atoms with Gasteiger partial charge < -0.3 is 14.6 Å². The number of carbonyl (C=O) groups is 1. The van der Waals surface area contributed by atoms with Gasteiger partial charge in [0.25, 0.3) is 5.91 Å². The third-order valence-electron chi connectivity index (χ3n) is 3.91. The number of hydrogen-bond acceptors (Lipinski definition) is 4. The summed E-state index contributed by atoms with van der Waals surface area (Å²) >= 11 is 0. The van der Waals surface area contributed by atoms with Crippen molar-refractivity contribution < 1.29 is 9.53 Å². The first-order valence-corrected chi connectivity index (χ1v) is 7.71. The maximum atomic E-state index is 12.5. The highest BCUT2D eigenvalue weighted by atomic mass is 16.5. The molecule has 3 heterocycles. The SMILES string of the molecule is O=C(c1ccc(=O)[nH]c1)N1CCC[C@@H](OCc2cccnc2)C1. The van der Waals surface area contributed by atoms with Gasteiger partial charge in [0, 0.05) is 37.7 Å². The zero-order valence-corrected chi connectivity index (χ0v) is 12.8. The fraction of sp³-hybridized carbons (Fsp3) is 0.353. The monoisotopic (exact) mass is 313 g/mol. The Morgan fingerprint density at radius 1 is 1.39 bits per heavy atom. The van der Waals surface area contributed by atoms with Crippen LogP contribution in [0.25, 0.3) is 0 Å². The first-order chi connectivity index (χ1) is 11.2. The first kappa shape index (κ1) is 15.4. The average Bonchev–Trinajstić information content (AvgIpc) is 2.61. The maximum absolute atomic E-state index is 12.5. The molecule has 1 atom stereocenters. The van der Waals surface area contributed by atoms with Gasteiger partial charge in [0.15, 0.2) is 0 Å². The summed E-state index contributed by atoms with van der Waals surface area (Å²) in [6.45, 7) is 1.78. The van der Waals surface area contributed by atoms with E-state index in [1.54, 1.807) is 23.4 Å². The molecule has 1 aliphatic heterocycles. The number of amides is 1. The standard InChI is InChI=1S/C17H19N3O3/c21-16-6-5-14(10-19-16)17(22)20-8-2-4-15(11-20)23-12-13-3-1-7-18-9-13/h1,3,5-7,9-10,15H,2,4,8,11-12H2,(H,19,21)/t15-/m1/s1. The summed E-state index contributed by atoms with van der Waals surface area (Å²) in [5.41, 5.74) is 1.31. The van der Waals surface area contributed by atoms with Crippen molar-refractivity contribution in [2.24, 2.45) is 0 Å². The molecule has 23 heavy (non-hydrogen) atoms. The highest BCUT2D eigenvalue weighted by Gasteiger charge is 2.25. The molecule has 0 bridgehead atoms. The molecule has 0 unspecified atom stereocenters. The van der Waals surface area contributed by atoms with Crippen LogP contribution >= 0.6 is 0 Å². The lowest BCUT2D eigenvalue weighted by Gasteiger charge is -2.32. The lowest BCUT2D eigenvalue weighted by molar-refractivity contribution is -0.00682. The third kappa shape index (κ3) is 4.04. The predicted octanol–water partition coefficient (Wildman–Crippen LogP) is 1.59. The number of likely N-dealkylation sites (tertiary alicyclic amines) is 1. The zero-order chi connectivity index (χ0) is 16.1. The topological polar surface area (TPSA) is 75.3 Å². The van der Waals surface area contributed by atoms with Gasteiger partial charge in [0.05, 0.1) is 18.3 Å². The summed E-state index contributed by atoms with van der Waals surface area (Å²) in [6.07, 6.45) is 6.85. The zero-order valence-electron chi connectivity index (χ0n) is 12.8. The third-order valence-corrected chi connectivity index (χ3v) is 3.91. The molecular weight excluding hydrogens is 294 g/mol. The number of nitrogens with one attached hydrogen (secondary N) is 1. The van der Waals surface area contributed by atoms with Crippen LogP contribution < -0.4 is 5.56 Å². The second-order valence-electron chi connectivity index (χ2n) is 5.63. The molecule has 6 nitrogen and oxygen atoms in total. The number of rotatable bonds is 4. The minimum Gasteiger partial charge on any atom is -0.372 e. The lowest BCUT2D eigenvalue weighted by atomic mass is 10.1. The molecule has 2 aromatic rings. The van der Waals surface area contributed by atoms with Crippen LogP contribution in [0.3, 0.4) is 0 Å². The van der Waals surface area contributed by atoms with Crippen LogP contribution in [0, 0.1) is 0 Å². The summed E-state index contributed by atoms with van der Waals surface area (Å²) in [6, 6.07) is 6.78. The van der Waals surface area contributed by atoms with E-state index in [1.165, 1.54) is 12.3 Å². The molecule has 0 spiro atoms. The highest BCUT2D eigenvalue weighted by molar-refractivity contribution is 5.93. The molecule has 1 N–H and O–H groups in total. The molecule has 6 heteroatoms. The Bertz CT molecular complexity index is 694. The van der Waals surface area contributed by atoms with Crippen LogP contribution in [0.4, 0.5) is 0 Å². The summed E-state index contributed by atoms with van der Waals surface area (Å²) in [5.74, 6) is -0.0732. The number of ether oxygens (including phenoxy) is 1. The van der Waals surface area contributed by atoms with Crippen LogP contribution in [-0.2, 0) is 11.3 Å². The van der Waals surface area contributed by atoms with E-state index in [0.717, 1.165) is 18.4 Å². The van der Waals surface area contributed by atoms with Gasteiger partial charge in [-0.2, -0.15) is 0 Å². The minimum absolute atomic E-state index is 0.0238. The van der Waals surface area contributed by atoms with Crippen molar-refractivity contribution >= 4 is 5.91 Å². The molecule has 2 aromatic heterocycles. The van der Waals surface area contributed by atoms with Crippen molar-refractivity contribution in [3.63, 3.8) is 0 Å². The van der Waals surface area contributed by atoms with Crippen LogP contribution in [0.15, 0.2) is 47.7 Å². The van der Waals surface area contributed by atoms with Crippen LogP contribution in [0.2, 0.25) is 0 Å². The largest absolute Gasteiger partial charge is 0.372 e. The van der Waals surface area contributed by atoms with E-state index in [1.807, 2.05) is 12.1 Å². The number of aromatic amines is 1. The minimum atomic E-state index is -0.210. The molecule has 1 fully saturated rings. The summed E-state index contributed by atoms with van der Waals surface area (Å²) < 4.78 is 5.91. The Morgan fingerprint density at radius 2 is 2.30 bits per heavy atom. The number of carbonyl (C=O) groups excluding carboxylic acids is 1. The number of aromatic nitrogens is 2. The Balaban J connectivity index is 1.58. The maximum Gasteiger partial charge on any atom is 0.255 e. The van der Waals surface area contributed by atoms with Crippen LogP contribution in [0.1, 0.15) is 28.8 Å². The number of nitrogens with zero attached hydrogens (tertiary/aromatic N) is 2. The van der Waals surface area contributed by atoms with E-state index in [0.29, 0.717) is 25.3 Å². The molecule has 1 aliphatic rings. The molecule has 0 aliphatic carbocycles. The van der Waals surface area contributed by atoms with Gasteiger partial charge in [-0.3, -0.25) is 14.6 Å². The Kier molecular flexibility index (Phi) is 4.83. The van der Waals surface area contributed by atoms with Gasteiger partial charge in [0.1, 0.15) is 0 Å². The summed E-state index contributed by atoms with van der Waals surface area (Å²) in [7, 11) is 0. The first-order valence-electron chi connectivity index (χ1n) is 7.71. The fourth-order valence-electron chi connectivity index (χ4n) is 2.68. The van der Waals surface area contributed by atoms with Crippen molar-refractivity contribution in [1.82, 2.24) is 14.9 Å². The van der Waals surface area contributed by atoms with E-state index < -0.39 is 0 Å². The van der Waals surface area contributed by atoms with Crippen molar-refractivity contribution in [1.29, 1.82) is 0 Å². The Hall–Kier alpha value is -2.47. The van der Waals surface area contributed by atoms with Gasteiger partial charge in [-0.15, -0.1) is 0 Å². The number of hydrogen-bond donors (Lipinski definition) is 1. The van der Waals surface area contributed by atoms with E-state index in [9.17, 15) is 9.59 Å². The Morgan fingerprint density at radius 3 is 3.04 bits per heavy atom. The molecule has 3 rings (SSSR count). The summed E-state index contributed by atoms with van der Waals surface area (Å²) in [5, 5.41) is 0. The van der Waals surface area contributed by atoms with E-state index in [4.69, 9.17) is 4.74 Å². The van der Waals surface area contributed by atoms with Crippen molar-refractivity contribution in [2.75, 3.05) is 13.1 Å². The number of pyridine rings is 2. The molecule has 0 saturated carbocycles. The van der Waals surface area contributed by atoms with Crippen LogP contribution in [0.5, 0.6) is 0 Å². The molecule has 120 valence electrons. The second kappa shape index (κ2) is 7.19. The van der Waals surface area contributed by atoms with Crippen molar-refractivity contribution in [2.45, 2.75) is 25.6 Å². The molecule has 1 amide bonds. The number of H-pyrrole nitrogens is 1. The van der Waals surface area contributed by atoms with E-state index in [2.05, 4.69) is 9.97 Å². The lowest BCUT2D eigenvalue weighted by Crippen LogP contribution is -2.43. The fourth-order valence-corrected chi connectivity index (χ4v) is 2.68. The van der Waals surface area contributed by atoms with Crippen molar-refractivity contribution in [3.05, 3.63) is 64.3 Å². The van der Waals surface area contributed by atoms with Gasteiger partial charge >= 0.3 is 0 Å². The molecule has 0 radical (unpaired) electrons. The summed E-state index contributed by atoms with van der Waals surface area (Å²) in [4.78, 5) is 31.9. The van der Waals surface area contributed by atoms with Gasteiger partial charge in [-0.1, -0.05) is 6.07 Å². The normalized spacial score (nSPS) is 17.9. The molecular formula is C17H19N3O3. The van der Waals surface area contributed by atoms with Gasteiger partial charge in [0.2, 0.25) is 5.56 Å². The predicted molar refractivity (Wildman–Crippen MR) is 85.0 cm³/mol.